The first-order valence-electron chi connectivity index (χ1n) is 14.8. The van der Waals surface area contributed by atoms with E-state index in [4.69, 9.17) is 9.47 Å². The van der Waals surface area contributed by atoms with Gasteiger partial charge in [0.1, 0.15) is 11.7 Å². The van der Waals surface area contributed by atoms with Crippen molar-refractivity contribution in [3.8, 4) is 0 Å². The Morgan fingerprint density at radius 3 is 2.42 bits per heavy atom. The summed E-state index contributed by atoms with van der Waals surface area (Å²) in [5, 5.41) is 34.6. The molecule has 8 heteroatoms. The normalized spacial score (nSPS) is 39.4. The molecule has 8 atom stereocenters. The number of hydrogen-bond donors (Lipinski definition) is 3. The lowest BCUT2D eigenvalue weighted by atomic mass is 9.59. The number of allylic oxidation sites excluding steroid dienone is 2. The van der Waals surface area contributed by atoms with Gasteiger partial charge >= 0.3 is 11.9 Å². The molecule has 222 valence electrons. The monoisotopic (exact) mass is 558 g/mol. The minimum atomic E-state index is -1.94. The largest absolute Gasteiger partial charge is 0.458 e. The molecule has 8 nitrogen and oxygen atoms in total. The summed E-state index contributed by atoms with van der Waals surface area (Å²) in [4.78, 5) is 38.9. The Balaban J connectivity index is 1.72. The first-order chi connectivity index (χ1) is 18.7. The van der Waals surface area contributed by atoms with E-state index in [2.05, 4.69) is 13.0 Å². The second kappa shape index (κ2) is 10.8. The van der Waals surface area contributed by atoms with Crippen LogP contribution in [0.3, 0.4) is 0 Å². The first-order valence-corrected chi connectivity index (χ1v) is 14.8. The second-order valence-corrected chi connectivity index (χ2v) is 12.9. The van der Waals surface area contributed by atoms with Gasteiger partial charge in [-0.15, -0.1) is 0 Å². The molecule has 0 aromatic heterocycles. The van der Waals surface area contributed by atoms with Crippen molar-refractivity contribution >= 4 is 17.7 Å². The zero-order valence-electron chi connectivity index (χ0n) is 24.7. The number of Topliss-reactive ketones (excluding diaryl/α,β-unsaturated/α-hetero) is 1. The third kappa shape index (κ3) is 4.51. The van der Waals surface area contributed by atoms with E-state index >= 15 is 0 Å². The van der Waals surface area contributed by atoms with E-state index in [1.54, 1.807) is 26.0 Å². The maximum atomic E-state index is 13.2. The van der Waals surface area contributed by atoms with E-state index in [0.717, 1.165) is 25.7 Å². The summed E-state index contributed by atoms with van der Waals surface area (Å²) in [5.41, 5.74) is -4.77. The number of carbonyl (C=O) groups is 3. The molecule has 4 rings (SSSR count). The summed E-state index contributed by atoms with van der Waals surface area (Å²) in [6.07, 6.45) is 11.3. The zero-order valence-corrected chi connectivity index (χ0v) is 24.7. The Morgan fingerprint density at radius 2 is 1.80 bits per heavy atom. The zero-order chi connectivity index (χ0) is 29.7. The van der Waals surface area contributed by atoms with Crippen LogP contribution < -0.4 is 0 Å². The Labute approximate surface area is 237 Å². The molecular formula is C32H46O8. The summed E-state index contributed by atoms with van der Waals surface area (Å²) >= 11 is 0. The van der Waals surface area contributed by atoms with Crippen molar-refractivity contribution in [2.75, 3.05) is 6.61 Å². The molecular weight excluding hydrogens is 512 g/mol. The van der Waals surface area contributed by atoms with Crippen LogP contribution >= 0.6 is 0 Å². The number of unbranched alkanes of at least 4 members (excludes halogenated alkanes) is 3. The van der Waals surface area contributed by atoms with Crippen LogP contribution in [-0.4, -0.2) is 62.6 Å². The van der Waals surface area contributed by atoms with Crippen LogP contribution in [0.5, 0.6) is 0 Å². The van der Waals surface area contributed by atoms with Gasteiger partial charge in [0.2, 0.25) is 0 Å². The van der Waals surface area contributed by atoms with Crippen LogP contribution in [0.1, 0.15) is 86.5 Å². The van der Waals surface area contributed by atoms with Crippen molar-refractivity contribution < 1.29 is 39.2 Å². The van der Waals surface area contributed by atoms with Crippen LogP contribution in [0.4, 0.5) is 0 Å². The first kappa shape index (κ1) is 30.7. The lowest BCUT2D eigenvalue weighted by molar-refractivity contribution is -0.228. The number of aliphatic hydroxyl groups excluding tert-OH is 1. The van der Waals surface area contributed by atoms with Gasteiger partial charge in [-0.3, -0.25) is 14.4 Å². The van der Waals surface area contributed by atoms with E-state index in [9.17, 15) is 29.7 Å². The molecule has 0 saturated heterocycles. The summed E-state index contributed by atoms with van der Waals surface area (Å²) in [5.74, 6) is -4.42. The minimum Gasteiger partial charge on any atom is -0.458 e. The number of hydrogen-bond acceptors (Lipinski definition) is 8. The fraction of sp³-hybridized carbons (Fsp3) is 0.719. The highest BCUT2D eigenvalue weighted by Crippen LogP contribution is 2.77. The smallest absolute Gasteiger partial charge is 0.306 e. The van der Waals surface area contributed by atoms with Crippen molar-refractivity contribution in [1.29, 1.82) is 0 Å². The molecule has 2 fully saturated rings. The number of ether oxygens (including phenoxy) is 2. The molecule has 0 spiro atoms. The van der Waals surface area contributed by atoms with Crippen molar-refractivity contribution in [2.45, 2.75) is 109 Å². The van der Waals surface area contributed by atoms with E-state index in [0.29, 0.717) is 17.6 Å². The molecule has 0 radical (unpaired) electrons. The van der Waals surface area contributed by atoms with E-state index in [1.807, 2.05) is 19.9 Å². The number of rotatable bonds is 10. The molecule has 3 N–H and O–H groups in total. The van der Waals surface area contributed by atoms with Gasteiger partial charge in [0.25, 0.3) is 0 Å². The molecule has 0 heterocycles. The molecule has 0 aromatic carbocycles. The van der Waals surface area contributed by atoms with Crippen LogP contribution in [0.25, 0.3) is 0 Å². The predicted octanol–water partition coefficient (Wildman–Crippen LogP) is 3.97. The maximum Gasteiger partial charge on any atom is 0.306 e. The molecule has 0 aliphatic heterocycles. The molecule has 0 aromatic rings. The highest BCUT2D eigenvalue weighted by Gasteiger charge is 2.87. The lowest BCUT2D eigenvalue weighted by Gasteiger charge is -2.53. The second-order valence-electron chi connectivity index (χ2n) is 12.9. The van der Waals surface area contributed by atoms with E-state index in [-0.39, 0.29) is 19.4 Å². The average molecular weight is 559 g/mol. The molecule has 40 heavy (non-hydrogen) atoms. The molecule has 8 unspecified atom stereocenters. The number of esters is 2. The van der Waals surface area contributed by atoms with Gasteiger partial charge in [-0.1, -0.05) is 64.8 Å². The van der Waals surface area contributed by atoms with Crippen LogP contribution in [0, 0.1) is 29.1 Å². The molecule has 0 bridgehead atoms. The minimum absolute atomic E-state index is 0.116. The van der Waals surface area contributed by atoms with Gasteiger partial charge in [0.15, 0.2) is 11.4 Å². The van der Waals surface area contributed by atoms with Crippen molar-refractivity contribution in [1.82, 2.24) is 0 Å². The summed E-state index contributed by atoms with van der Waals surface area (Å²) in [6.45, 7) is 10.3. The quantitative estimate of drug-likeness (QED) is 0.209. The standard InChI is InChI=1S/C32H46O8/c1-7-8-9-10-11-12-13-14-25(35)39-28-20(3)31(38)23(26-29(5,6)32(26,28)40-21(4)34)16-22(18-33)17-30(37)24(31)15-19(2)27(30)36/h11-12,15-16,20,23-24,26,28,33,37-38H,7-10,13-14,17-18H2,1-6H3. The molecule has 2 saturated carbocycles. The molecule has 4 aliphatic rings. The molecule has 0 amide bonds. The van der Waals surface area contributed by atoms with Crippen molar-refractivity contribution in [3.63, 3.8) is 0 Å². The van der Waals surface area contributed by atoms with Crippen LogP contribution in [0.15, 0.2) is 35.5 Å². The van der Waals surface area contributed by atoms with E-state index in [1.165, 1.54) is 6.92 Å². The summed E-state index contributed by atoms with van der Waals surface area (Å²) < 4.78 is 12.2. The summed E-state index contributed by atoms with van der Waals surface area (Å²) in [7, 11) is 0. The van der Waals surface area contributed by atoms with Gasteiger partial charge in [0.05, 0.1) is 12.2 Å². The Morgan fingerprint density at radius 1 is 1.12 bits per heavy atom. The third-order valence-electron chi connectivity index (χ3n) is 10.2. The number of aliphatic hydroxyl groups is 3. The van der Waals surface area contributed by atoms with E-state index < -0.39 is 69.7 Å². The van der Waals surface area contributed by atoms with Crippen molar-refractivity contribution in [2.24, 2.45) is 29.1 Å². The maximum absolute atomic E-state index is 13.2. The topological polar surface area (TPSA) is 130 Å². The van der Waals surface area contributed by atoms with Crippen LogP contribution in [0.2, 0.25) is 0 Å². The van der Waals surface area contributed by atoms with Gasteiger partial charge in [-0.05, 0) is 37.3 Å². The third-order valence-corrected chi connectivity index (χ3v) is 10.2. The number of carbonyl (C=O) groups excluding carboxylic acids is 3. The van der Waals surface area contributed by atoms with Crippen molar-refractivity contribution in [3.05, 3.63) is 35.5 Å². The Hall–Kier alpha value is -2.29. The average Bonchev–Trinajstić information content (AvgIpc) is 3.31. The van der Waals surface area contributed by atoms with Gasteiger partial charge in [0, 0.05) is 48.9 Å². The Kier molecular flexibility index (Phi) is 8.31. The highest BCUT2D eigenvalue weighted by molar-refractivity contribution is 6.04. The van der Waals surface area contributed by atoms with Gasteiger partial charge in [-0.2, -0.15) is 0 Å². The lowest BCUT2D eigenvalue weighted by Crippen LogP contribution is -2.66. The van der Waals surface area contributed by atoms with Gasteiger partial charge < -0.3 is 24.8 Å². The highest BCUT2D eigenvalue weighted by atomic mass is 16.6. The number of fused-ring (bicyclic) bond motifs is 5. The molecule has 4 aliphatic carbocycles. The number of ketones is 1. The van der Waals surface area contributed by atoms with Crippen LogP contribution in [-0.2, 0) is 23.9 Å². The van der Waals surface area contributed by atoms with Gasteiger partial charge in [-0.25, -0.2) is 0 Å². The fourth-order valence-corrected chi connectivity index (χ4v) is 8.21. The summed E-state index contributed by atoms with van der Waals surface area (Å²) in [6, 6.07) is 0. The Bertz CT molecular complexity index is 1130. The SMILES string of the molecule is CCCCCC=CCCC(=O)OC1C(C)C2(O)C(C=C(CO)CC3(O)C(=O)C(C)=CC32)C2C(C)(C)C12OC(C)=O. The predicted molar refractivity (Wildman–Crippen MR) is 149 cm³/mol. The fourth-order valence-electron chi connectivity index (χ4n) is 8.21.